The fraction of sp³-hybridized carbons (Fsp3) is 0.0500. The number of benzene rings is 3. The zero-order chi connectivity index (χ0) is 19.3. The van der Waals surface area contributed by atoms with Crippen molar-refractivity contribution in [2.45, 2.75) is 10.8 Å². The van der Waals surface area contributed by atoms with Crippen molar-refractivity contribution in [1.29, 1.82) is 0 Å². The highest BCUT2D eigenvalue weighted by Gasteiger charge is 2.22. The lowest BCUT2D eigenvalue weighted by Crippen LogP contribution is -2.27. The van der Waals surface area contributed by atoms with Gasteiger partial charge in [0.25, 0.3) is 15.9 Å². The van der Waals surface area contributed by atoms with E-state index < -0.39 is 21.8 Å². The zero-order valence-corrected chi connectivity index (χ0v) is 15.1. The van der Waals surface area contributed by atoms with Gasteiger partial charge in [0.05, 0.1) is 10.8 Å². The summed E-state index contributed by atoms with van der Waals surface area (Å²) < 4.78 is 27.3. The van der Waals surface area contributed by atoms with Crippen LogP contribution in [0.4, 0.5) is 5.69 Å². The molecule has 3 aromatic rings. The van der Waals surface area contributed by atoms with Gasteiger partial charge in [0.15, 0.2) is 0 Å². The highest BCUT2D eigenvalue weighted by Crippen LogP contribution is 2.26. The van der Waals surface area contributed by atoms with Crippen LogP contribution in [0.5, 0.6) is 0 Å². The Morgan fingerprint density at radius 2 is 1.30 bits per heavy atom. The Kier molecular flexibility index (Phi) is 5.54. The number of nitrogens with one attached hydrogen (secondary N) is 2. The lowest BCUT2D eigenvalue weighted by atomic mass is 9.90. The number of amides is 1. The van der Waals surface area contributed by atoms with Gasteiger partial charge in [-0.2, -0.15) is 0 Å². The van der Waals surface area contributed by atoms with Gasteiger partial charge in [0, 0.05) is 5.69 Å². The number of anilines is 1. The number of rotatable bonds is 6. The van der Waals surface area contributed by atoms with E-state index in [4.69, 9.17) is 5.21 Å². The van der Waals surface area contributed by atoms with Gasteiger partial charge in [-0.05, 0) is 35.4 Å². The van der Waals surface area contributed by atoms with Gasteiger partial charge in [-0.15, -0.1) is 0 Å². The van der Waals surface area contributed by atoms with Crippen molar-refractivity contribution >= 4 is 21.6 Å². The fourth-order valence-electron chi connectivity index (χ4n) is 2.76. The van der Waals surface area contributed by atoms with Crippen LogP contribution in [0.2, 0.25) is 0 Å². The first-order valence-corrected chi connectivity index (χ1v) is 9.66. The molecule has 1 atom stereocenters. The third-order valence-electron chi connectivity index (χ3n) is 4.06. The summed E-state index contributed by atoms with van der Waals surface area (Å²) in [5, 5.41) is 9.07. The Labute approximate surface area is 157 Å². The van der Waals surface area contributed by atoms with Crippen molar-refractivity contribution in [3.05, 3.63) is 96.1 Å². The monoisotopic (exact) mass is 382 g/mol. The molecule has 0 aliphatic carbocycles. The molecule has 3 rings (SSSR count). The molecule has 0 fully saturated rings. The molecule has 0 radical (unpaired) electrons. The number of sulfonamides is 1. The van der Waals surface area contributed by atoms with Gasteiger partial charge in [-0.25, -0.2) is 13.9 Å². The molecule has 1 amide bonds. The second-order valence-corrected chi connectivity index (χ2v) is 7.54. The van der Waals surface area contributed by atoms with E-state index in [0.717, 1.165) is 0 Å². The summed E-state index contributed by atoms with van der Waals surface area (Å²) in [5.41, 5.74) is 3.39. The van der Waals surface area contributed by atoms with Crippen LogP contribution in [0.1, 0.15) is 17.0 Å². The van der Waals surface area contributed by atoms with Crippen LogP contribution in [0.3, 0.4) is 0 Å². The summed E-state index contributed by atoms with van der Waals surface area (Å²) in [4.78, 5) is 12.3. The van der Waals surface area contributed by atoms with Crippen molar-refractivity contribution in [2.75, 3.05) is 4.72 Å². The largest absolute Gasteiger partial charge is 0.289 e. The van der Waals surface area contributed by atoms with Crippen LogP contribution in [-0.2, 0) is 14.8 Å². The Hall–Kier alpha value is -3.16. The minimum Gasteiger partial charge on any atom is -0.289 e. The quantitative estimate of drug-likeness (QED) is 0.451. The third kappa shape index (κ3) is 4.33. The first-order valence-electron chi connectivity index (χ1n) is 8.18. The maximum Gasteiger partial charge on any atom is 0.261 e. The minimum atomic E-state index is -3.69. The summed E-state index contributed by atoms with van der Waals surface area (Å²) in [6, 6.07) is 23.5. The van der Waals surface area contributed by atoms with Gasteiger partial charge in [-0.3, -0.25) is 14.7 Å². The van der Waals surface area contributed by atoms with Crippen LogP contribution >= 0.6 is 0 Å². The summed E-state index contributed by atoms with van der Waals surface area (Å²) >= 11 is 0. The maximum absolute atomic E-state index is 12.4. The van der Waals surface area contributed by atoms with E-state index in [9.17, 15) is 13.2 Å². The molecule has 3 aromatic carbocycles. The lowest BCUT2D eigenvalue weighted by molar-refractivity contribution is -0.129. The Bertz CT molecular complexity index is 1000. The average Bonchev–Trinajstić information content (AvgIpc) is 2.70. The number of hydroxylamine groups is 1. The maximum atomic E-state index is 12.4. The predicted octanol–water partition coefficient (Wildman–Crippen LogP) is 3.12. The molecule has 0 saturated heterocycles. The van der Waals surface area contributed by atoms with E-state index >= 15 is 0 Å². The van der Waals surface area contributed by atoms with E-state index in [-0.39, 0.29) is 4.90 Å². The second kappa shape index (κ2) is 8.03. The number of hydrogen-bond donors (Lipinski definition) is 3. The van der Waals surface area contributed by atoms with E-state index in [2.05, 4.69) is 4.72 Å². The van der Waals surface area contributed by atoms with Crippen LogP contribution in [0.25, 0.3) is 0 Å². The van der Waals surface area contributed by atoms with Crippen molar-refractivity contribution < 1.29 is 18.4 Å². The van der Waals surface area contributed by atoms with E-state index in [1.54, 1.807) is 72.2 Å². The molecule has 0 heterocycles. The molecule has 0 aliphatic rings. The molecule has 27 heavy (non-hydrogen) atoms. The van der Waals surface area contributed by atoms with Gasteiger partial charge in [-0.1, -0.05) is 60.7 Å². The van der Waals surface area contributed by atoms with Crippen molar-refractivity contribution in [3.63, 3.8) is 0 Å². The predicted molar refractivity (Wildman–Crippen MR) is 102 cm³/mol. The highest BCUT2D eigenvalue weighted by atomic mass is 32.2. The summed E-state index contributed by atoms with van der Waals surface area (Å²) in [5.74, 6) is -1.28. The van der Waals surface area contributed by atoms with Crippen LogP contribution < -0.4 is 10.2 Å². The Morgan fingerprint density at radius 3 is 1.85 bits per heavy atom. The van der Waals surface area contributed by atoms with E-state index in [1.165, 1.54) is 12.1 Å². The number of hydrogen-bond acceptors (Lipinski definition) is 4. The van der Waals surface area contributed by atoms with Crippen LogP contribution in [0, 0.1) is 0 Å². The van der Waals surface area contributed by atoms with Crippen molar-refractivity contribution in [1.82, 2.24) is 5.48 Å². The molecule has 3 N–H and O–H groups in total. The molecule has 0 aliphatic heterocycles. The molecular weight excluding hydrogens is 364 g/mol. The average molecular weight is 382 g/mol. The highest BCUT2D eigenvalue weighted by molar-refractivity contribution is 7.92. The van der Waals surface area contributed by atoms with Crippen molar-refractivity contribution in [3.8, 4) is 0 Å². The summed E-state index contributed by atoms with van der Waals surface area (Å²) in [7, 11) is -3.69. The normalized spacial score (nSPS) is 12.2. The van der Waals surface area contributed by atoms with Crippen LogP contribution in [0.15, 0.2) is 89.8 Å². The van der Waals surface area contributed by atoms with Crippen LogP contribution in [-0.4, -0.2) is 19.5 Å². The molecule has 1 unspecified atom stereocenters. The molecule has 0 spiro atoms. The van der Waals surface area contributed by atoms with E-state index in [0.29, 0.717) is 16.8 Å². The molecular formula is C20H18N2O4S. The Balaban J connectivity index is 1.87. The summed E-state index contributed by atoms with van der Waals surface area (Å²) in [6.07, 6.45) is 0. The topological polar surface area (TPSA) is 95.5 Å². The first kappa shape index (κ1) is 18.6. The molecule has 6 nitrogen and oxygen atoms in total. The van der Waals surface area contributed by atoms with Crippen molar-refractivity contribution in [2.24, 2.45) is 0 Å². The molecule has 0 saturated carbocycles. The number of carbonyl (C=O) groups is 1. The second-order valence-electron chi connectivity index (χ2n) is 5.86. The van der Waals surface area contributed by atoms with Gasteiger partial charge < -0.3 is 0 Å². The zero-order valence-electron chi connectivity index (χ0n) is 14.2. The Morgan fingerprint density at radius 1 is 0.778 bits per heavy atom. The third-order valence-corrected chi connectivity index (χ3v) is 5.45. The van der Waals surface area contributed by atoms with Gasteiger partial charge in [0.2, 0.25) is 0 Å². The smallest absolute Gasteiger partial charge is 0.261 e. The fourth-order valence-corrected chi connectivity index (χ4v) is 3.84. The summed E-state index contributed by atoms with van der Waals surface area (Å²) in [6.45, 7) is 0. The van der Waals surface area contributed by atoms with E-state index in [1.807, 2.05) is 6.07 Å². The minimum absolute atomic E-state index is 0.163. The molecule has 138 valence electrons. The molecule has 0 aromatic heterocycles. The molecule has 7 heteroatoms. The van der Waals surface area contributed by atoms with Gasteiger partial charge >= 0.3 is 0 Å². The molecule has 0 bridgehead atoms. The van der Waals surface area contributed by atoms with Gasteiger partial charge in [0.1, 0.15) is 0 Å². The standard InChI is InChI=1S/C20H18N2O4S/c23-20(21-24)19(15-7-3-1-4-8-15)16-11-13-17(14-12-16)22-27(25,26)18-9-5-2-6-10-18/h1-14,19,22,24H,(H,21,23). The first-order chi connectivity index (χ1) is 13.0. The lowest BCUT2D eigenvalue weighted by Gasteiger charge is -2.16. The number of carbonyl (C=O) groups excluding carboxylic acids is 1. The SMILES string of the molecule is O=C(NO)C(c1ccccc1)c1ccc(NS(=O)(=O)c2ccccc2)cc1.